The average Bonchev–Trinajstić information content (AvgIpc) is 2.34. The fraction of sp³-hybridized carbons (Fsp3) is 0.455. The number of pyridine rings is 1. The predicted molar refractivity (Wildman–Crippen MR) is 76.6 cm³/mol. The summed E-state index contributed by atoms with van der Waals surface area (Å²) in [6.07, 6.45) is 1.87. The van der Waals surface area contributed by atoms with Gasteiger partial charge in [-0.2, -0.15) is 0 Å². The van der Waals surface area contributed by atoms with Crippen LogP contribution in [0, 0.1) is 0 Å². The van der Waals surface area contributed by atoms with Gasteiger partial charge in [0, 0.05) is 12.7 Å². The van der Waals surface area contributed by atoms with Gasteiger partial charge >= 0.3 is 5.97 Å². The molecule has 0 amide bonds. The van der Waals surface area contributed by atoms with E-state index in [2.05, 4.69) is 25.6 Å². The number of carbonyl (C=O) groups is 1. The Bertz CT molecular complexity index is 589. The van der Waals surface area contributed by atoms with Crippen molar-refractivity contribution in [3.8, 4) is 0 Å². The number of carboxylic acid groups (broad SMARTS) is 1. The molecule has 1 aromatic heterocycles. The number of nitrogens with zero attached hydrogens (tertiary/aromatic N) is 1. The Morgan fingerprint density at radius 2 is 2.25 bits per heavy atom. The lowest BCUT2D eigenvalue weighted by Gasteiger charge is -2.18. The quantitative estimate of drug-likeness (QED) is 0.482. The van der Waals surface area contributed by atoms with E-state index >= 15 is 0 Å². The van der Waals surface area contributed by atoms with Crippen LogP contribution < -0.4 is 10.5 Å². The molecule has 0 saturated heterocycles. The Morgan fingerprint density at radius 1 is 1.60 bits per heavy atom. The molecular weight excluding hydrogens is 350 g/mol. The summed E-state index contributed by atoms with van der Waals surface area (Å²) in [5.74, 6) is -1.11. The average molecular weight is 366 g/mol. The van der Waals surface area contributed by atoms with Gasteiger partial charge in [-0.25, -0.2) is 18.1 Å². The molecule has 0 spiro atoms. The van der Waals surface area contributed by atoms with E-state index in [1.54, 1.807) is 0 Å². The Labute approximate surface area is 125 Å². The lowest BCUT2D eigenvalue weighted by atomic mass is 9.98. The van der Waals surface area contributed by atoms with E-state index in [4.69, 9.17) is 10.8 Å². The molecule has 0 aliphatic heterocycles. The topological polar surface area (TPSA) is 122 Å². The van der Waals surface area contributed by atoms with Crippen LogP contribution in [0.3, 0.4) is 0 Å². The molecule has 1 unspecified atom stereocenters. The molecule has 7 nitrogen and oxygen atoms in total. The van der Waals surface area contributed by atoms with E-state index < -0.39 is 21.5 Å². The molecule has 4 N–H and O–H groups in total. The van der Waals surface area contributed by atoms with Crippen molar-refractivity contribution < 1.29 is 18.3 Å². The number of hydrogen-bond donors (Lipinski definition) is 3. The van der Waals surface area contributed by atoms with Crippen LogP contribution in [0.1, 0.15) is 19.8 Å². The van der Waals surface area contributed by atoms with Crippen LogP contribution in [-0.2, 0) is 14.8 Å². The van der Waals surface area contributed by atoms with E-state index in [1.807, 2.05) is 0 Å². The molecule has 1 atom stereocenters. The third-order valence-corrected chi connectivity index (χ3v) is 4.55. The van der Waals surface area contributed by atoms with Crippen LogP contribution in [0.25, 0.3) is 0 Å². The summed E-state index contributed by atoms with van der Waals surface area (Å²) < 4.78 is 26.7. The van der Waals surface area contributed by atoms with Crippen LogP contribution in [0.15, 0.2) is 27.8 Å². The Balaban J connectivity index is 2.56. The first-order valence-electron chi connectivity index (χ1n) is 5.79. The first-order chi connectivity index (χ1) is 9.15. The van der Waals surface area contributed by atoms with Gasteiger partial charge in [-0.1, -0.05) is 0 Å². The molecule has 0 bridgehead atoms. The van der Waals surface area contributed by atoms with Crippen LogP contribution in [-0.4, -0.2) is 36.6 Å². The van der Waals surface area contributed by atoms with Crippen molar-refractivity contribution in [1.82, 2.24) is 9.71 Å². The molecule has 9 heteroatoms. The van der Waals surface area contributed by atoms with Crippen molar-refractivity contribution in [3.63, 3.8) is 0 Å². The highest BCUT2D eigenvalue weighted by molar-refractivity contribution is 9.10. The van der Waals surface area contributed by atoms with Gasteiger partial charge in [-0.15, -0.1) is 0 Å². The predicted octanol–water partition coefficient (Wildman–Crippen LogP) is 0.705. The van der Waals surface area contributed by atoms with Crippen LogP contribution in [0.2, 0.25) is 0 Å². The van der Waals surface area contributed by atoms with Crippen molar-refractivity contribution in [2.75, 3.05) is 6.54 Å². The number of hydrogen-bond acceptors (Lipinski definition) is 5. The largest absolute Gasteiger partial charge is 0.480 e. The zero-order valence-electron chi connectivity index (χ0n) is 10.8. The van der Waals surface area contributed by atoms with Crippen molar-refractivity contribution in [3.05, 3.63) is 22.9 Å². The molecule has 20 heavy (non-hydrogen) atoms. The maximum Gasteiger partial charge on any atom is 0.323 e. The zero-order chi connectivity index (χ0) is 15.4. The second kappa shape index (κ2) is 6.61. The summed E-state index contributed by atoms with van der Waals surface area (Å²) in [6, 6.07) is 2.75. The monoisotopic (exact) mass is 365 g/mol. The third kappa shape index (κ3) is 4.82. The Hall–Kier alpha value is -1.03. The summed E-state index contributed by atoms with van der Waals surface area (Å²) in [4.78, 5) is 14.7. The highest BCUT2D eigenvalue weighted by Crippen LogP contribution is 2.14. The number of carboxylic acids is 1. The van der Waals surface area contributed by atoms with E-state index in [9.17, 15) is 13.2 Å². The van der Waals surface area contributed by atoms with Gasteiger partial charge in [-0.3, -0.25) is 4.79 Å². The number of rotatable bonds is 7. The molecule has 0 aliphatic rings. The van der Waals surface area contributed by atoms with Gasteiger partial charge in [-0.05, 0) is 47.8 Å². The van der Waals surface area contributed by atoms with E-state index in [-0.39, 0.29) is 17.9 Å². The summed E-state index contributed by atoms with van der Waals surface area (Å²) in [5, 5.41) is 8.83. The molecule has 0 fully saturated rings. The summed E-state index contributed by atoms with van der Waals surface area (Å²) in [6.45, 7) is 1.51. The van der Waals surface area contributed by atoms with Crippen LogP contribution >= 0.6 is 15.9 Å². The highest BCUT2D eigenvalue weighted by Gasteiger charge is 2.27. The minimum atomic E-state index is -3.63. The van der Waals surface area contributed by atoms with Gasteiger partial charge < -0.3 is 10.8 Å². The van der Waals surface area contributed by atoms with Crippen molar-refractivity contribution >= 4 is 31.9 Å². The summed E-state index contributed by atoms with van der Waals surface area (Å²) >= 11 is 3.09. The van der Waals surface area contributed by atoms with E-state index in [0.29, 0.717) is 11.0 Å². The van der Waals surface area contributed by atoms with Gasteiger partial charge in [0.15, 0.2) is 0 Å². The molecule has 0 radical (unpaired) electrons. The van der Waals surface area contributed by atoms with Crippen molar-refractivity contribution in [1.29, 1.82) is 0 Å². The molecule has 0 aliphatic carbocycles. The number of nitrogens with two attached hydrogens (primary N) is 1. The minimum absolute atomic E-state index is 0.0909. The lowest BCUT2D eigenvalue weighted by Crippen LogP contribution is -2.45. The Morgan fingerprint density at radius 3 is 2.80 bits per heavy atom. The number of nitrogens with one attached hydrogen (secondary N) is 1. The lowest BCUT2D eigenvalue weighted by molar-refractivity contribution is -0.142. The standard InChI is InChI=1S/C11H16BrN3O4S/c1-11(13,10(16)17)4-2-5-15-20(18,19)8-3-6-14-9(12)7-8/h3,6-7,15H,2,4-5,13H2,1H3,(H,16,17). The Kier molecular flexibility index (Phi) is 5.63. The molecule has 0 aromatic carbocycles. The summed E-state index contributed by atoms with van der Waals surface area (Å²) in [7, 11) is -3.63. The van der Waals surface area contributed by atoms with E-state index in [0.717, 1.165) is 0 Å². The van der Waals surface area contributed by atoms with Crippen LogP contribution in [0.5, 0.6) is 0 Å². The SMILES string of the molecule is CC(N)(CCCNS(=O)(=O)c1ccnc(Br)c1)C(=O)O. The van der Waals surface area contributed by atoms with Crippen LogP contribution in [0.4, 0.5) is 0 Å². The summed E-state index contributed by atoms with van der Waals surface area (Å²) in [5.41, 5.74) is 4.19. The normalized spacial score (nSPS) is 14.8. The fourth-order valence-electron chi connectivity index (χ4n) is 1.40. The van der Waals surface area contributed by atoms with Gasteiger partial charge in [0.25, 0.3) is 0 Å². The number of halogens is 1. The van der Waals surface area contributed by atoms with Gasteiger partial charge in [0.2, 0.25) is 10.0 Å². The number of sulfonamides is 1. The fourth-order valence-corrected chi connectivity index (χ4v) is 3.01. The maximum atomic E-state index is 11.9. The zero-order valence-corrected chi connectivity index (χ0v) is 13.2. The number of aromatic nitrogens is 1. The highest BCUT2D eigenvalue weighted by atomic mass is 79.9. The molecule has 0 saturated carbocycles. The van der Waals surface area contributed by atoms with E-state index in [1.165, 1.54) is 25.3 Å². The molecule has 1 aromatic rings. The molecule has 1 heterocycles. The first-order valence-corrected chi connectivity index (χ1v) is 8.06. The van der Waals surface area contributed by atoms with Gasteiger partial charge in [0.05, 0.1) is 4.90 Å². The smallest absolute Gasteiger partial charge is 0.323 e. The first kappa shape index (κ1) is 17.0. The second-order valence-electron chi connectivity index (χ2n) is 4.54. The number of aliphatic carboxylic acids is 1. The second-order valence-corrected chi connectivity index (χ2v) is 7.12. The van der Waals surface area contributed by atoms with Crippen molar-refractivity contribution in [2.45, 2.75) is 30.2 Å². The molecule has 1 rings (SSSR count). The maximum absolute atomic E-state index is 11.9. The van der Waals surface area contributed by atoms with Crippen molar-refractivity contribution in [2.24, 2.45) is 5.73 Å². The molecular formula is C11H16BrN3O4S. The molecule has 112 valence electrons. The third-order valence-electron chi connectivity index (χ3n) is 2.66. The minimum Gasteiger partial charge on any atom is -0.480 e. The van der Waals surface area contributed by atoms with Gasteiger partial charge in [0.1, 0.15) is 10.1 Å².